The molecule has 0 saturated heterocycles. The molecular formula is C21H20N2O4S. The fourth-order valence-corrected chi connectivity index (χ4v) is 3.22. The van der Waals surface area contributed by atoms with E-state index in [-0.39, 0.29) is 5.78 Å². The second-order valence-corrected chi connectivity index (χ2v) is 7.26. The molecular weight excluding hydrogens is 376 g/mol. The smallest absolute Gasteiger partial charge is 0.344 e. The molecule has 2 heterocycles. The van der Waals surface area contributed by atoms with Crippen molar-refractivity contribution >= 4 is 29.2 Å². The first kappa shape index (κ1) is 19.6. The van der Waals surface area contributed by atoms with Gasteiger partial charge in [-0.05, 0) is 43.7 Å². The van der Waals surface area contributed by atoms with Crippen LogP contribution in [0.25, 0.3) is 6.08 Å². The lowest BCUT2D eigenvalue weighted by atomic mass is 10.2. The number of carbonyl (C=O) groups excluding carboxylic acids is 1. The van der Waals surface area contributed by atoms with Gasteiger partial charge < -0.3 is 14.4 Å². The zero-order chi connectivity index (χ0) is 20.1. The maximum atomic E-state index is 12.6. The lowest BCUT2D eigenvalue weighted by molar-refractivity contribution is -0.144. The molecule has 7 heteroatoms. The van der Waals surface area contributed by atoms with Crippen LogP contribution in [0.2, 0.25) is 0 Å². The van der Waals surface area contributed by atoms with E-state index in [1.54, 1.807) is 29.6 Å². The van der Waals surface area contributed by atoms with Crippen LogP contribution in [-0.2, 0) is 11.3 Å². The van der Waals surface area contributed by atoms with E-state index < -0.39 is 12.1 Å². The van der Waals surface area contributed by atoms with Crippen LogP contribution in [0.5, 0.6) is 5.75 Å². The van der Waals surface area contributed by atoms with Gasteiger partial charge in [-0.3, -0.25) is 4.79 Å². The van der Waals surface area contributed by atoms with Crippen LogP contribution in [-0.4, -0.2) is 32.5 Å². The van der Waals surface area contributed by atoms with Crippen molar-refractivity contribution in [2.45, 2.75) is 26.5 Å². The maximum Gasteiger partial charge on any atom is 0.344 e. The van der Waals surface area contributed by atoms with Gasteiger partial charge >= 0.3 is 5.97 Å². The normalized spacial score (nSPS) is 12.2. The molecule has 28 heavy (non-hydrogen) atoms. The van der Waals surface area contributed by atoms with E-state index in [1.165, 1.54) is 18.3 Å². The molecule has 0 aliphatic rings. The van der Waals surface area contributed by atoms with Crippen LogP contribution in [0.1, 0.15) is 33.7 Å². The first-order valence-electron chi connectivity index (χ1n) is 8.72. The fraction of sp³-hybridized carbons (Fsp3) is 0.190. The molecule has 0 amide bonds. The summed E-state index contributed by atoms with van der Waals surface area (Å²) in [5, 5.41) is 11.6. The summed E-state index contributed by atoms with van der Waals surface area (Å²) in [5.74, 6) is -0.616. The van der Waals surface area contributed by atoms with Crippen molar-refractivity contribution in [2.24, 2.45) is 0 Å². The molecule has 0 aliphatic carbocycles. The van der Waals surface area contributed by atoms with Gasteiger partial charge in [0.2, 0.25) is 5.78 Å². The summed E-state index contributed by atoms with van der Waals surface area (Å²) in [5.41, 5.74) is 1.93. The summed E-state index contributed by atoms with van der Waals surface area (Å²) in [6, 6.07) is 10.8. The molecule has 0 bridgehead atoms. The van der Waals surface area contributed by atoms with Crippen LogP contribution in [0, 0.1) is 6.92 Å². The minimum Gasteiger partial charge on any atom is -0.479 e. The average Bonchev–Trinajstić information content (AvgIpc) is 3.30. The summed E-state index contributed by atoms with van der Waals surface area (Å²) >= 11 is 1.45. The summed E-state index contributed by atoms with van der Waals surface area (Å²) in [4.78, 5) is 27.8. The third kappa shape index (κ3) is 4.75. The first-order chi connectivity index (χ1) is 13.4. The van der Waals surface area contributed by atoms with Crippen molar-refractivity contribution in [1.82, 2.24) is 9.55 Å². The van der Waals surface area contributed by atoms with E-state index in [2.05, 4.69) is 4.98 Å². The largest absolute Gasteiger partial charge is 0.479 e. The number of carboxylic acids is 1. The predicted molar refractivity (Wildman–Crippen MR) is 108 cm³/mol. The molecule has 1 aromatic carbocycles. The highest BCUT2D eigenvalue weighted by atomic mass is 32.1. The van der Waals surface area contributed by atoms with E-state index in [0.717, 1.165) is 10.6 Å². The number of carbonyl (C=O) groups is 2. The van der Waals surface area contributed by atoms with Crippen LogP contribution in [0.4, 0.5) is 0 Å². The van der Waals surface area contributed by atoms with Crippen LogP contribution >= 0.6 is 11.3 Å². The topological polar surface area (TPSA) is 81.4 Å². The Kier molecular flexibility index (Phi) is 6.06. The standard InChI is InChI=1S/C21H20N2O4S/c1-14(21(25)26)27-17-8-3-6-16(12-17)7-4-10-23-11-5-9-19(23)20(24)18-13-28-15(2)22-18/h3-9,11-14H,10H2,1-2H3,(H,25,26)/t14-/m0/s1. The number of aryl methyl sites for hydroxylation is 1. The number of aliphatic carboxylic acids is 1. The number of hydrogen-bond donors (Lipinski definition) is 1. The van der Waals surface area contributed by atoms with Gasteiger partial charge in [0.05, 0.1) is 10.7 Å². The molecule has 1 atom stereocenters. The first-order valence-corrected chi connectivity index (χ1v) is 9.60. The number of ether oxygens (including phenoxy) is 1. The number of rotatable bonds is 8. The monoisotopic (exact) mass is 396 g/mol. The Bertz CT molecular complexity index is 1020. The van der Waals surface area contributed by atoms with Crippen molar-refractivity contribution in [2.75, 3.05) is 0 Å². The number of thiazole rings is 1. The highest BCUT2D eigenvalue weighted by Crippen LogP contribution is 2.17. The van der Waals surface area contributed by atoms with Crippen molar-refractivity contribution in [3.05, 3.63) is 76.0 Å². The number of allylic oxidation sites excluding steroid dienone is 1. The molecule has 0 radical (unpaired) electrons. The Morgan fingerprint density at radius 2 is 2.14 bits per heavy atom. The molecule has 0 saturated carbocycles. The Morgan fingerprint density at radius 3 is 2.86 bits per heavy atom. The summed E-state index contributed by atoms with van der Waals surface area (Å²) in [7, 11) is 0. The molecule has 6 nitrogen and oxygen atoms in total. The average molecular weight is 396 g/mol. The molecule has 0 unspecified atom stereocenters. The molecule has 1 N–H and O–H groups in total. The Morgan fingerprint density at radius 1 is 1.32 bits per heavy atom. The number of benzene rings is 1. The van der Waals surface area contributed by atoms with Gasteiger partial charge in [-0.1, -0.05) is 24.3 Å². The Labute approximate surface area is 166 Å². The quantitative estimate of drug-likeness (QED) is 0.581. The molecule has 0 fully saturated rings. The SMILES string of the molecule is Cc1nc(C(=O)c2cccn2CC=Cc2cccc(O[C@@H](C)C(=O)O)c2)cs1. The second kappa shape index (κ2) is 8.67. The highest BCUT2D eigenvalue weighted by Gasteiger charge is 2.15. The molecule has 3 aromatic rings. The van der Waals surface area contributed by atoms with E-state index in [9.17, 15) is 9.59 Å². The van der Waals surface area contributed by atoms with E-state index >= 15 is 0 Å². The number of aromatic nitrogens is 2. The van der Waals surface area contributed by atoms with Crippen LogP contribution in [0.15, 0.2) is 54.1 Å². The second-order valence-electron chi connectivity index (χ2n) is 6.20. The summed E-state index contributed by atoms with van der Waals surface area (Å²) in [6.07, 6.45) is 4.77. The van der Waals surface area contributed by atoms with Gasteiger partial charge in [0.1, 0.15) is 11.4 Å². The lowest BCUT2D eigenvalue weighted by Gasteiger charge is -2.10. The number of carboxylic acid groups (broad SMARTS) is 1. The van der Waals surface area contributed by atoms with Crippen molar-refractivity contribution < 1.29 is 19.4 Å². The zero-order valence-corrected chi connectivity index (χ0v) is 16.3. The summed E-state index contributed by atoms with van der Waals surface area (Å²) < 4.78 is 7.24. The van der Waals surface area contributed by atoms with Crippen LogP contribution in [0.3, 0.4) is 0 Å². The maximum absolute atomic E-state index is 12.6. The Balaban J connectivity index is 1.68. The molecule has 3 rings (SSSR count). The van der Waals surface area contributed by atoms with Gasteiger partial charge in [0.15, 0.2) is 6.10 Å². The van der Waals surface area contributed by atoms with Crippen molar-refractivity contribution in [3.8, 4) is 5.75 Å². The molecule has 0 spiro atoms. The van der Waals surface area contributed by atoms with Gasteiger partial charge in [-0.25, -0.2) is 9.78 Å². The van der Waals surface area contributed by atoms with Gasteiger partial charge in [0.25, 0.3) is 0 Å². The predicted octanol–water partition coefficient (Wildman–Crippen LogP) is 4.05. The van der Waals surface area contributed by atoms with Crippen molar-refractivity contribution in [1.29, 1.82) is 0 Å². The number of ketones is 1. The minimum atomic E-state index is -1.01. The van der Waals surface area contributed by atoms with E-state index in [1.807, 2.05) is 42.0 Å². The van der Waals surface area contributed by atoms with E-state index in [0.29, 0.717) is 23.7 Å². The van der Waals surface area contributed by atoms with Crippen LogP contribution < -0.4 is 4.74 Å². The van der Waals surface area contributed by atoms with Gasteiger partial charge in [0, 0.05) is 18.1 Å². The summed E-state index contributed by atoms with van der Waals surface area (Å²) in [6.45, 7) is 3.88. The Hall–Kier alpha value is -3.19. The van der Waals surface area contributed by atoms with Gasteiger partial charge in [-0.15, -0.1) is 11.3 Å². The third-order valence-electron chi connectivity index (χ3n) is 4.04. The number of nitrogens with zero attached hydrogens (tertiary/aromatic N) is 2. The van der Waals surface area contributed by atoms with Gasteiger partial charge in [-0.2, -0.15) is 0 Å². The fourth-order valence-electron chi connectivity index (χ4n) is 2.63. The molecule has 0 aliphatic heterocycles. The number of hydrogen-bond acceptors (Lipinski definition) is 5. The molecule has 2 aromatic heterocycles. The third-order valence-corrected chi connectivity index (χ3v) is 4.82. The van der Waals surface area contributed by atoms with Crippen molar-refractivity contribution in [3.63, 3.8) is 0 Å². The van der Waals surface area contributed by atoms with E-state index in [4.69, 9.17) is 9.84 Å². The molecule has 144 valence electrons. The minimum absolute atomic E-state index is 0.0965. The highest BCUT2D eigenvalue weighted by molar-refractivity contribution is 7.09. The lowest BCUT2D eigenvalue weighted by Crippen LogP contribution is -2.22. The zero-order valence-electron chi connectivity index (χ0n) is 15.5.